The van der Waals surface area contributed by atoms with Gasteiger partial charge in [-0.2, -0.15) is 0 Å². The van der Waals surface area contributed by atoms with Gasteiger partial charge in [-0.1, -0.05) is 19.1 Å². The van der Waals surface area contributed by atoms with Gasteiger partial charge in [-0.25, -0.2) is 0 Å². The highest BCUT2D eigenvalue weighted by Crippen LogP contribution is 2.31. The summed E-state index contributed by atoms with van der Waals surface area (Å²) in [6.07, 6.45) is 0. The quantitative estimate of drug-likeness (QED) is 0.486. The maximum Gasteiger partial charge on any atom is 0.104 e. The first-order chi connectivity index (χ1) is 3.29. The van der Waals surface area contributed by atoms with Crippen LogP contribution in [-0.2, 0) is 0 Å². The van der Waals surface area contributed by atoms with E-state index in [-0.39, 0.29) is 0 Å². The second-order valence-electron chi connectivity index (χ2n) is 1.49. The average Bonchev–Trinajstić information content (AvgIpc) is 1.87. The van der Waals surface area contributed by atoms with Crippen molar-refractivity contribution in [2.75, 3.05) is 5.75 Å². The van der Waals surface area contributed by atoms with Crippen molar-refractivity contribution >= 4 is 39.3 Å². The predicted molar refractivity (Wildman–Crippen MR) is 42.1 cm³/mol. The zero-order valence-electron chi connectivity index (χ0n) is 4.01. The summed E-state index contributed by atoms with van der Waals surface area (Å²) in [4.78, 5) is 0. The first-order valence-corrected chi connectivity index (χ1v) is 4.40. The Hall–Kier alpha value is 0.790. The number of thiocarbonyl (C=S) groups is 1. The van der Waals surface area contributed by atoms with Gasteiger partial charge < -0.3 is 0 Å². The van der Waals surface area contributed by atoms with Crippen molar-refractivity contribution in [1.29, 1.82) is 0 Å². The van der Waals surface area contributed by atoms with Crippen molar-refractivity contribution in [2.24, 2.45) is 0 Å². The molecule has 0 bridgehead atoms. The molecule has 0 spiro atoms. The predicted octanol–water partition coefficient (Wildman–Crippen LogP) is 2.14. The fourth-order valence-electron chi connectivity index (χ4n) is 0.418. The van der Waals surface area contributed by atoms with Crippen LogP contribution >= 0.6 is 35.7 Å². The summed E-state index contributed by atoms with van der Waals surface area (Å²) in [6, 6.07) is 0. The van der Waals surface area contributed by atoms with Crippen LogP contribution in [0.5, 0.6) is 0 Å². The molecule has 0 amide bonds. The van der Waals surface area contributed by atoms with Crippen molar-refractivity contribution in [3.05, 3.63) is 0 Å². The summed E-state index contributed by atoms with van der Waals surface area (Å²) in [5.74, 6) is 1.21. The average molecular weight is 150 g/mol. The van der Waals surface area contributed by atoms with Crippen LogP contribution in [-0.4, -0.2) is 14.5 Å². The molecule has 0 nitrogen and oxygen atoms in total. The van der Waals surface area contributed by atoms with E-state index in [4.69, 9.17) is 12.2 Å². The van der Waals surface area contributed by atoms with Gasteiger partial charge in [0.2, 0.25) is 0 Å². The first kappa shape index (κ1) is 5.92. The smallest absolute Gasteiger partial charge is 0.104 e. The van der Waals surface area contributed by atoms with Crippen LogP contribution in [0, 0.1) is 0 Å². The van der Waals surface area contributed by atoms with E-state index in [9.17, 15) is 0 Å². The second-order valence-corrected chi connectivity index (χ2v) is 5.15. The van der Waals surface area contributed by atoms with Crippen molar-refractivity contribution in [3.8, 4) is 0 Å². The maximum absolute atomic E-state index is 4.92. The van der Waals surface area contributed by atoms with E-state index in [1.807, 2.05) is 11.8 Å². The molecule has 3 heteroatoms. The monoisotopic (exact) mass is 150 g/mol. The van der Waals surface area contributed by atoms with Gasteiger partial charge in [0.15, 0.2) is 0 Å². The fraction of sp³-hybridized carbons (Fsp3) is 0.750. The SMILES string of the molecule is CC1CSC(=S)S1. The Labute approximate surface area is 57.4 Å². The van der Waals surface area contributed by atoms with Gasteiger partial charge in [0, 0.05) is 11.0 Å². The molecule has 1 heterocycles. The third-order valence-corrected chi connectivity index (χ3v) is 3.89. The lowest BCUT2D eigenvalue weighted by Gasteiger charge is -1.89. The standard InChI is InChI=1S/C4H6S3/c1-3-2-6-4(5)7-3/h3H,2H2,1H3. The zero-order chi connectivity index (χ0) is 5.28. The van der Waals surface area contributed by atoms with E-state index < -0.39 is 0 Å². The lowest BCUT2D eigenvalue weighted by Crippen LogP contribution is -1.88. The van der Waals surface area contributed by atoms with Gasteiger partial charge in [0.05, 0.1) is 0 Å². The third kappa shape index (κ3) is 1.63. The lowest BCUT2D eigenvalue weighted by atomic mass is 10.6. The van der Waals surface area contributed by atoms with Crippen LogP contribution in [0.4, 0.5) is 0 Å². The lowest BCUT2D eigenvalue weighted by molar-refractivity contribution is 1.15. The van der Waals surface area contributed by atoms with E-state index in [1.165, 1.54) is 5.75 Å². The minimum atomic E-state index is 0.762. The van der Waals surface area contributed by atoms with Crippen LogP contribution < -0.4 is 0 Å². The summed E-state index contributed by atoms with van der Waals surface area (Å²) in [5, 5.41) is 0.762. The van der Waals surface area contributed by atoms with E-state index in [0.717, 1.165) is 8.78 Å². The zero-order valence-corrected chi connectivity index (χ0v) is 6.46. The van der Waals surface area contributed by atoms with E-state index in [2.05, 4.69) is 6.92 Å². The van der Waals surface area contributed by atoms with Gasteiger partial charge in [-0.05, 0) is 0 Å². The second kappa shape index (κ2) is 2.37. The fourth-order valence-corrected chi connectivity index (χ4v) is 3.26. The molecule has 0 saturated carbocycles. The van der Waals surface area contributed by atoms with Gasteiger partial charge >= 0.3 is 0 Å². The third-order valence-electron chi connectivity index (χ3n) is 0.733. The van der Waals surface area contributed by atoms with Crippen LogP contribution in [0.2, 0.25) is 0 Å². The molecule has 1 saturated heterocycles. The summed E-state index contributed by atoms with van der Waals surface area (Å²) < 4.78 is 1.12. The van der Waals surface area contributed by atoms with E-state index >= 15 is 0 Å². The molecule has 7 heavy (non-hydrogen) atoms. The van der Waals surface area contributed by atoms with Crippen LogP contribution in [0.1, 0.15) is 6.92 Å². The Balaban J connectivity index is 2.40. The maximum atomic E-state index is 4.92. The number of rotatable bonds is 0. The molecule has 1 fully saturated rings. The van der Waals surface area contributed by atoms with Gasteiger partial charge in [0.25, 0.3) is 0 Å². The highest BCUT2D eigenvalue weighted by Gasteiger charge is 2.14. The first-order valence-electron chi connectivity index (χ1n) is 2.12. The van der Waals surface area contributed by atoms with Crippen molar-refractivity contribution in [2.45, 2.75) is 12.2 Å². The Bertz CT molecular complexity index is 88.9. The van der Waals surface area contributed by atoms with E-state index in [0.29, 0.717) is 0 Å². The van der Waals surface area contributed by atoms with Crippen molar-refractivity contribution in [3.63, 3.8) is 0 Å². The summed E-state index contributed by atoms with van der Waals surface area (Å²) in [6.45, 7) is 2.21. The van der Waals surface area contributed by atoms with E-state index in [1.54, 1.807) is 11.8 Å². The molecule has 1 aliphatic rings. The van der Waals surface area contributed by atoms with Crippen LogP contribution in [0.25, 0.3) is 0 Å². The van der Waals surface area contributed by atoms with Gasteiger partial charge in [-0.3, -0.25) is 0 Å². The molecule has 1 rings (SSSR count). The highest BCUT2D eigenvalue weighted by molar-refractivity contribution is 8.49. The molecule has 40 valence electrons. The molecule has 0 aromatic heterocycles. The van der Waals surface area contributed by atoms with Crippen LogP contribution in [0.15, 0.2) is 0 Å². The van der Waals surface area contributed by atoms with Crippen molar-refractivity contribution < 1.29 is 0 Å². The number of thioether (sulfide) groups is 2. The normalized spacial score (nSPS) is 31.6. The Morgan fingerprint density at radius 1 is 1.86 bits per heavy atom. The molecular weight excluding hydrogens is 144 g/mol. The van der Waals surface area contributed by atoms with Crippen molar-refractivity contribution in [1.82, 2.24) is 0 Å². The number of hydrogen-bond donors (Lipinski definition) is 0. The largest absolute Gasteiger partial charge is 0.107 e. The summed E-state index contributed by atoms with van der Waals surface area (Å²) in [7, 11) is 0. The molecule has 0 aromatic carbocycles. The van der Waals surface area contributed by atoms with Crippen LogP contribution in [0.3, 0.4) is 0 Å². The van der Waals surface area contributed by atoms with Gasteiger partial charge in [-0.15, -0.1) is 23.5 Å². The Morgan fingerprint density at radius 3 is 2.71 bits per heavy atom. The Morgan fingerprint density at radius 2 is 2.57 bits per heavy atom. The molecule has 0 N–H and O–H groups in total. The number of hydrogen-bond acceptors (Lipinski definition) is 3. The minimum absolute atomic E-state index is 0.762. The molecule has 0 aromatic rings. The molecule has 0 radical (unpaired) electrons. The molecular formula is C4H6S3. The molecule has 1 unspecified atom stereocenters. The summed E-state index contributed by atoms with van der Waals surface area (Å²) >= 11 is 8.54. The molecule has 0 aliphatic carbocycles. The topological polar surface area (TPSA) is 0 Å². The minimum Gasteiger partial charge on any atom is -0.107 e. The highest BCUT2D eigenvalue weighted by atomic mass is 32.2. The summed E-state index contributed by atoms with van der Waals surface area (Å²) in [5.41, 5.74) is 0. The Kier molecular flexibility index (Phi) is 2.01. The molecule has 1 atom stereocenters. The van der Waals surface area contributed by atoms with Gasteiger partial charge in [0.1, 0.15) is 3.53 Å². The molecule has 1 aliphatic heterocycles.